The average molecular weight is 284 g/mol. The summed E-state index contributed by atoms with van der Waals surface area (Å²) in [5.41, 5.74) is 0.127. The van der Waals surface area contributed by atoms with E-state index < -0.39 is 6.10 Å². The molecule has 0 spiro atoms. The molecule has 3 atom stereocenters. The second kappa shape index (κ2) is 5.46. The molecule has 1 aliphatic rings. The van der Waals surface area contributed by atoms with E-state index in [2.05, 4.69) is 18.7 Å². The molecule has 5 nitrogen and oxygen atoms in total. The van der Waals surface area contributed by atoms with Gasteiger partial charge >= 0.3 is 5.69 Å². The van der Waals surface area contributed by atoms with E-state index in [0.717, 1.165) is 19.4 Å². The van der Waals surface area contributed by atoms with Crippen molar-refractivity contribution in [2.75, 3.05) is 11.4 Å². The Balaban J connectivity index is 2.35. The number of nitrogens with zero attached hydrogens (tertiary/aromatic N) is 2. The highest BCUT2D eigenvalue weighted by Gasteiger charge is 2.31. The topological polar surface area (TPSA) is 66.6 Å². The molecule has 2 rings (SSSR count). The number of hydrogen-bond acceptors (Lipinski definition) is 5. The fourth-order valence-corrected chi connectivity index (χ4v) is 3.83. The van der Waals surface area contributed by atoms with E-state index >= 15 is 0 Å². The summed E-state index contributed by atoms with van der Waals surface area (Å²) in [7, 11) is 0. The van der Waals surface area contributed by atoms with Crippen molar-refractivity contribution < 1.29 is 10.0 Å². The van der Waals surface area contributed by atoms with Crippen molar-refractivity contribution in [2.45, 2.75) is 45.8 Å². The minimum Gasteiger partial charge on any atom is -0.388 e. The minimum absolute atomic E-state index is 0.127. The Morgan fingerprint density at radius 1 is 1.58 bits per heavy atom. The van der Waals surface area contributed by atoms with Gasteiger partial charge in [0.15, 0.2) is 5.00 Å². The van der Waals surface area contributed by atoms with Gasteiger partial charge in [-0.15, -0.1) is 11.3 Å². The maximum Gasteiger partial charge on any atom is 0.304 e. The fourth-order valence-electron chi connectivity index (χ4n) is 2.64. The quantitative estimate of drug-likeness (QED) is 0.683. The van der Waals surface area contributed by atoms with Gasteiger partial charge < -0.3 is 10.0 Å². The van der Waals surface area contributed by atoms with Crippen LogP contribution in [0.2, 0.25) is 0 Å². The van der Waals surface area contributed by atoms with Crippen molar-refractivity contribution in [1.82, 2.24) is 0 Å². The lowest BCUT2D eigenvalue weighted by molar-refractivity contribution is -0.383. The van der Waals surface area contributed by atoms with Gasteiger partial charge in [-0.05, 0) is 32.6 Å². The van der Waals surface area contributed by atoms with Crippen molar-refractivity contribution >= 4 is 22.0 Å². The summed E-state index contributed by atoms with van der Waals surface area (Å²) in [6, 6.07) is 1.82. The van der Waals surface area contributed by atoms with Gasteiger partial charge in [0.25, 0.3) is 0 Å². The summed E-state index contributed by atoms with van der Waals surface area (Å²) >= 11 is 1.34. The molecule has 1 aromatic heterocycles. The molecule has 1 saturated heterocycles. The monoisotopic (exact) mass is 284 g/mol. The molecule has 1 aliphatic heterocycles. The van der Waals surface area contributed by atoms with Gasteiger partial charge in [-0.1, -0.05) is 6.92 Å². The molecule has 6 heteroatoms. The summed E-state index contributed by atoms with van der Waals surface area (Å²) in [5, 5.41) is 21.5. The largest absolute Gasteiger partial charge is 0.388 e. The molecule has 0 amide bonds. The van der Waals surface area contributed by atoms with Crippen LogP contribution in [0, 0.1) is 16.0 Å². The van der Waals surface area contributed by atoms with E-state index in [0.29, 0.717) is 21.8 Å². The van der Waals surface area contributed by atoms with Gasteiger partial charge in [-0.3, -0.25) is 10.1 Å². The van der Waals surface area contributed by atoms with Crippen LogP contribution >= 0.6 is 11.3 Å². The van der Waals surface area contributed by atoms with Crippen LogP contribution in [0.1, 0.15) is 44.6 Å². The number of anilines is 1. The second-order valence-corrected chi connectivity index (χ2v) is 6.51. The summed E-state index contributed by atoms with van der Waals surface area (Å²) in [5.74, 6) is 0.668. The third-order valence-electron chi connectivity index (χ3n) is 3.72. The van der Waals surface area contributed by atoms with Crippen LogP contribution in [0.25, 0.3) is 0 Å². The number of nitro groups is 1. The van der Waals surface area contributed by atoms with E-state index in [9.17, 15) is 15.2 Å². The Hall–Kier alpha value is -1.14. The smallest absolute Gasteiger partial charge is 0.304 e. The number of piperidine rings is 1. The standard InChI is InChI=1S/C13H20N2O3S/c1-8-4-5-14(9(2)6-8)13-11(15(17)18)7-12(19-13)10(3)16/h7-10,16H,4-6H2,1-3H3/t8?,9?,10-/m1/s1. The first-order valence-corrected chi connectivity index (χ1v) is 7.44. The van der Waals surface area contributed by atoms with Crippen molar-refractivity contribution in [3.05, 3.63) is 21.1 Å². The van der Waals surface area contributed by atoms with E-state index in [4.69, 9.17) is 0 Å². The van der Waals surface area contributed by atoms with Crippen molar-refractivity contribution in [3.63, 3.8) is 0 Å². The minimum atomic E-state index is -0.656. The molecule has 2 heterocycles. The van der Waals surface area contributed by atoms with Crippen LogP contribution in [0.4, 0.5) is 10.7 Å². The predicted octanol–water partition coefficient (Wildman–Crippen LogP) is 3.33. The molecule has 0 aromatic carbocycles. The molecule has 1 aromatic rings. The number of aliphatic hydroxyl groups excluding tert-OH is 1. The van der Waals surface area contributed by atoms with E-state index in [-0.39, 0.29) is 10.6 Å². The second-order valence-electron chi connectivity index (χ2n) is 5.44. The molecular weight excluding hydrogens is 264 g/mol. The number of thiophene rings is 1. The number of hydrogen-bond donors (Lipinski definition) is 1. The Morgan fingerprint density at radius 3 is 2.79 bits per heavy atom. The van der Waals surface area contributed by atoms with Gasteiger partial charge in [0, 0.05) is 23.5 Å². The molecule has 2 unspecified atom stereocenters. The molecule has 0 radical (unpaired) electrons. The summed E-state index contributed by atoms with van der Waals surface area (Å²) in [4.78, 5) is 13.6. The number of aliphatic hydroxyl groups is 1. The molecule has 0 saturated carbocycles. The van der Waals surface area contributed by atoms with Gasteiger partial charge in [-0.2, -0.15) is 0 Å². The van der Waals surface area contributed by atoms with Crippen LogP contribution in [0.15, 0.2) is 6.07 Å². The van der Waals surface area contributed by atoms with Crippen LogP contribution in [0.5, 0.6) is 0 Å². The molecule has 1 N–H and O–H groups in total. The fraction of sp³-hybridized carbons (Fsp3) is 0.692. The molecule has 0 bridgehead atoms. The molecule has 0 aliphatic carbocycles. The predicted molar refractivity (Wildman–Crippen MR) is 76.8 cm³/mol. The van der Waals surface area contributed by atoms with Gasteiger partial charge in [0.1, 0.15) is 0 Å². The Bertz CT molecular complexity index is 472. The maximum absolute atomic E-state index is 11.2. The normalized spacial score (nSPS) is 25.4. The SMILES string of the molecule is CC1CCN(c2sc([C@@H](C)O)cc2[N+](=O)[O-])C(C)C1. The molecule has 106 valence electrons. The lowest BCUT2D eigenvalue weighted by Gasteiger charge is -2.36. The Kier molecular flexibility index (Phi) is 4.10. The summed E-state index contributed by atoms with van der Waals surface area (Å²) in [6.45, 7) is 6.82. The van der Waals surface area contributed by atoms with Gasteiger partial charge in [-0.25, -0.2) is 0 Å². The highest BCUT2D eigenvalue weighted by molar-refractivity contribution is 7.16. The Labute approximate surface area is 117 Å². The van der Waals surface area contributed by atoms with Crippen LogP contribution in [0.3, 0.4) is 0 Å². The zero-order valence-corrected chi connectivity index (χ0v) is 12.3. The summed E-state index contributed by atoms with van der Waals surface area (Å²) < 4.78 is 0. The summed E-state index contributed by atoms with van der Waals surface area (Å²) in [6.07, 6.45) is 1.46. The van der Waals surface area contributed by atoms with E-state index in [1.165, 1.54) is 17.4 Å². The molecule has 1 fully saturated rings. The third-order valence-corrected chi connectivity index (χ3v) is 5.05. The number of rotatable bonds is 3. The van der Waals surface area contributed by atoms with Crippen molar-refractivity contribution in [2.24, 2.45) is 5.92 Å². The Morgan fingerprint density at radius 2 is 2.26 bits per heavy atom. The lowest BCUT2D eigenvalue weighted by Crippen LogP contribution is -2.40. The van der Waals surface area contributed by atoms with Crippen LogP contribution in [-0.2, 0) is 0 Å². The van der Waals surface area contributed by atoms with E-state index in [1.54, 1.807) is 6.92 Å². The highest BCUT2D eigenvalue weighted by atomic mass is 32.1. The first kappa shape index (κ1) is 14.3. The van der Waals surface area contributed by atoms with E-state index in [1.807, 2.05) is 0 Å². The van der Waals surface area contributed by atoms with Crippen molar-refractivity contribution in [3.8, 4) is 0 Å². The first-order valence-electron chi connectivity index (χ1n) is 6.63. The highest BCUT2D eigenvalue weighted by Crippen LogP contribution is 2.42. The van der Waals surface area contributed by atoms with Gasteiger partial charge in [0.2, 0.25) is 0 Å². The lowest BCUT2D eigenvalue weighted by atomic mass is 9.93. The van der Waals surface area contributed by atoms with Crippen LogP contribution < -0.4 is 4.90 Å². The zero-order chi connectivity index (χ0) is 14.2. The average Bonchev–Trinajstić information content (AvgIpc) is 2.73. The molecular formula is C13H20N2O3S. The molecule has 19 heavy (non-hydrogen) atoms. The van der Waals surface area contributed by atoms with Gasteiger partial charge in [0.05, 0.1) is 11.0 Å². The first-order chi connectivity index (χ1) is 8.90. The maximum atomic E-state index is 11.2. The third kappa shape index (κ3) is 2.90. The zero-order valence-electron chi connectivity index (χ0n) is 11.5. The van der Waals surface area contributed by atoms with Crippen LogP contribution in [-0.4, -0.2) is 22.6 Å². The van der Waals surface area contributed by atoms with Crippen molar-refractivity contribution in [1.29, 1.82) is 0 Å².